The Morgan fingerprint density at radius 1 is 0.962 bits per heavy atom. The molecule has 0 unspecified atom stereocenters. The van der Waals surface area contributed by atoms with Crippen LogP contribution in [0.4, 0.5) is 0 Å². The third kappa shape index (κ3) is 3.28. The number of carbonyl (C=O) groups is 1. The van der Waals surface area contributed by atoms with Crippen LogP contribution >= 0.6 is 0 Å². The van der Waals surface area contributed by atoms with E-state index in [4.69, 9.17) is 0 Å². The minimum Gasteiger partial charge on any atom is -0.352 e. The molecule has 0 radical (unpaired) electrons. The van der Waals surface area contributed by atoms with Gasteiger partial charge in [0.05, 0.1) is 5.41 Å². The second kappa shape index (κ2) is 7.24. The number of hydrogen-bond donors (Lipinski definition) is 1. The number of hydrogen-bond acceptors (Lipinski definition) is 2. The first kappa shape index (κ1) is 17.3. The maximum Gasteiger partial charge on any atom is 0.226 e. The van der Waals surface area contributed by atoms with Crippen LogP contribution in [0.1, 0.15) is 42.0 Å². The highest BCUT2D eigenvalue weighted by atomic mass is 16.2. The van der Waals surface area contributed by atoms with Crippen molar-refractivity contribution in [3.05, 3.63) is 70.8 Å². The van der Waals surface area contributed by atoms with Gasteiger partial charge in [0.2, 0.25) is 5.91 Å². The number of benzene rings is 2. The SMILES string of the molecule is CCc1ccccc1CN1CCC2(CC1)Cc1ccccc1CNC2=O. The smallest absolute Gasteiger partial charge is 0.226 e. The number of likely N-dealkylation sites (tertiary alicyclic amines) is 1. The molecular weight excluding hydrogens is 320 g/mol. The van der Waals surface area contributed by atoms with Crippen molar-refractivity contribution in [2.24, 2.45) is 5.41 Å². The van der Waals surface area contributed by atoms with Gasteiger partial charge in [-0.2, -0.15) is 0 Å². The summed E-state index contributed by atoms with van der Waals surface area (Å²) in [6, 6.07) is 17.2. The summed E-state index contributed by atoms with van der Waals surface area (Å²) in [6.07, 6.45) is 3.85. The molecule has 0 atom stereocenters. The molecule has 0 saturated carbocycles. The Morgan fingerprint density at radius 2 is 1.62 bits per heavy atom. The van der Waals surface area contributed by atoms with Gasteiger partial charge in [-0.05, 0) is 61.0 Å². The summed E-state index contributed by atoms with van der Waals surface area (Å²) in [4.78, 5) is 15.4. The van der Waals surface area contributed by atoms with E-state index in [-0.39, 0.29) is 11.3 Å². The molecule has 0 bridgehead atoms. The quantitative estimate of drug-likeness (QED) is 0.917. The van der Waals surface area contributed by atoms with Gasteiger partial charge in [0.1, 0.15) is 0 Å². The van der Waals surface area contributed by atoms with E-state index in [2.05, 4.69) is 65.7 Å². The summed E-state index contributed by atoms with van der Waals surface area (Å²) in [6.45, 7) is 5.88. The van der Waals surface area contributed by atoms with Crippen LogP contribution in [0.3, 0.4) is 0 Å². The van der Waals surface area contributed by atoms with Gasteiger partial charge in [-0.15, -0.1) is 0 Å². The Morgan fingerprint density at radius 3 is 2.35 bits per heavy atom. The average Bonchev–Trinajstić information content (AvgIpc) is 2.81. The van der Waals surface area contributed by atoms with E-state index in [0.29, 0.717) is 6.54 Å². The molecule has 2 aromatic rings. The van der Waals surface area contributed by atoms with Gasteiger partial charge in [-0.1, -0.05) is 55.5 Å². The molecule has 0 aromatic heterocycles. The van der Waals surface area contributed by atoms with Crippen LogP contribution in [0.25, 0.3) is 0 Å². The molecule has 26 heavy (non-hydrogen) atoms. The van der Waals surface area contributed by atoms with Crippen LogP contribution in [0.2, 0.25) is 0 Å². The first-order valence-electron chi connectivity index (χ1n) is 9.84. The van der Waals surface area contributed by atoms with Gasteiger partial charge in [-0.3, -0.25) is 9.69 Å². The maximum atomic E-state index is 12.9. The van der Waals surface area contributed by atoms with Gasteiger partial charge in [0.25, 0.3) is 0 Å². The highest BCUT2D eigenvalue weighted by Gasteiger charge is 2.42. The van der Waals surface area contributed by atoms with E-state index in [9.17, 15) is 4.79 Å². The molecule has 1 spiro atoms. The minimum absolute atomic E-state index is 0.229. The molecule has 1 saturated heterocycles. The summed E-state index contributed by atoms with van der Waals surface area (Å²) in [7, 11) is 0. The number of piperidine rings is 1. The molecule has 2 aromatic carbocycles. The zero-order valence-corrected chi connectivity index (χ0v) is 15.6. The predicted molar refractivity (Wildman–Crippen MR) is 105 cm³/mol. The van der Waals surface area contributed by atoms with Crippen molar-refractivity contribution >= 4 is 5.91 Å². The zero-order valence-electron chi connectivity index (χ0n) is 15.6. The van der Waals surface area contributed by atoms with Gasteiger partial charge >= 0.3 is 0 Å². The molecule has 1 fully saturated rings. The molecule has 1 amide bonds. The van der Waals surface area contributed by atoms with Crippen molar-refractivity contribution < 1.29 is 4.79 Å². The Balaban J connectivity index is 1.48. The van der Waals surface area contributed by atoms with E-state index in [0.717, 1.165) is 45.3 Å². The monoisotopic (exact) mass is 348 g/mol. The van der Waals surface area contributed by atoms with Crippen LogP contribution < -0.4 is 5.32 Å². The largest absolute Gasteiger partial charge is 0.352 e. The first-order valence-corrected chi connectivity index (χ1v) is 9.84. The highest BCUT2D eigenvalue weighted by molar-refractivity contribution is 5.83. The van der Waals surface area contributed by atoms with Crippen molar-refractivity contribution in [1.82, 2.24) is 10.2 Å². The third-order valence-electron chi connectivity index (χ3n) is 6.27. The molecule has 3 heteroatoms. The number of rotatable bonds is 3. The van der Waals surface area contributed by atoms with E-state index in [1.165, 1.54) is 22.3 Å². The Labute approximate surface area is 156 Å². The van der Waals surface area contributed by atoms with Crippen LogP contribution in [-0.4, -0.2) is 23.9 Å². The van der Waals surface area contributed by atoms with Crippen molar-refractivity contribution in [3.8, 4) is 0 Å². The van der Waals surface area contributed by atoms with E-state index in [1.54, 1.807) is 0 Å². The van der Waals surface area contributed by atoms with Gasteiger partial charge in [-0.25, -0.2) is 0 Å². The van der Waals surface area contributed by atoms with E-state index >= 15 is 0 Å². The van der Waals surface area contributed by atoms with Crippen molar-refractivity contribution in [2.45, 2.75) is 45.7 Å². The van der Waals surface area contributed by atoms with Gasteiger partial charge in [0.15, 0.2) is 0 Å². The average molecular weight is 348 g/mol. The molecule has 3 nitrogen and oxygen atoms in total. The first-order chi connectivity index (χ1) is 12.7. The third-order valence-corrected chi connectivity index (χ3v) is 6.27. The summed E-state index contributed by atoms with van der Waals surface area (Å²) >= 11 is 0. The lowest BCUT2D eigenvalue weighted by Gasteiger charge is -2.40. The molecule has 2 heterocycles. The van der Waals surface area contributed by atoms with Crippen molar-refractivity contribution in [1.29, 1.82) is 0 Å². The van der Waals surface area contributed by atoms with E-state index < -0.39 is 0 Å². The number of nitrogens with zero attached hydrogens (tertiary/aromatic N) is 1. The normalized spacial score (nSPS) is 19.7. The van der Waals surface area contributed by atoms with Crippen LogP contribution in [0.5, 0.6) is 0 Å². The fourth-order valence-electron chi connectivity index (χ4n) is 4.55. The lowest BCUT2D eigenvalue weighted by atomic mass is 9.73. The molecule has 2 aliphatic heterocycles. The minimum atomic E-state index is -0.229. The Hall–Kier alpha value is -2.13. The van der Waals surface area contributed by atoms with Crippen LogP contribution in [0.15, 0.2) is 48.5 Å². The summed E-state index contributed by atoms with van der Waals surface area (Å²) < 4.78 is 0. The van der Waals surface area contributed by atoms with Gasteiger partial charge < -0.3 is 5.32 Å². The Kier molecular flexibility index (Phi) is 4.82. The zero-order chi connectivity index (χ0) is 18.0. The fraction of sp³-hybridized carbons (Fsp3) is 0.435. The lowest BCUT2D eigenvalue weighted by Crippen LogP contribution is -2.48. The molecular formula is C23H28N2O. The molecule has 0 aliphatic carbocycles. The predicted octanol–water partition coefficient (Wildman–Crippen LogP) is 3.70. The van der Waals surface area contributed by atoms with Crippen LogP contribution in [-0.2, 0) is 30.7 Å². The molecule has 2 aliphatic rings. The topological polar surface area (TPSA) is 32.3 Å². The number of carbonyl (C=O) groups excluding carboxylic acids is 1. The standard InChI is InChI=1S/C23H28N2O/c1-2-18-7-3-6-10-21(18)17-25-13-11-23(12-14-25)15-19-8-4-5-9-20(19)16-24-22(23)26/h3-10H,2,11-17H2,1H3,(H,24,26). The molecule has 136 valence electrons. The molecule has 4 rings (SSSR count). The van der Waals surface area contributed by atoms with Crippen molar-refractivity contribution in [2.75, 3.05) is 13.1 Å². The number of nitrogens with one attached hydrogen (secondary N) is 1. The fourth-order valence-corrected chi connectivity index (χ4v) is 4.55. The lowest BCUT2D eigenvalue weighted by molar-refractivity contribution is -0.133. The number of fused-ring (bicyclic) bond motifs is 1. The number of amides is 1. The second-order valence-electron chi connectivity index (χ2n) is 7.81. The summed E-state index contributed by atoms with van der Waals surface area (Å²) in [5, 5.41) is 3.19. The van der Waals surface area contributed by atoms with Crippen LogP contribution in [0, 0.1) is 5.41 Å². The summed E-state index contributed by atoms with van der Waals surface area (Å²) in [5.41, 5.74) is 5.26. The van der Waals surface area contributed by atoms with E-state index in [1.807, 2.05) is 0 Å². The Bertz CT molecular complexity index is 790. The molecule has 1 N–H and O–H groups in total. The second-order valence-corrected chi connectivity index (χ2v) is 7.81. The highest BCUT2D eigenvalue weighted by Crippen LogP contribution is 2.38. The summed E-state index contributed by atoms with van der Waals surface area (Å²) in [5.74, 6) is 0.252. The van der Waals surface area contributed by atoms with Gasteiger partial charge in [0, 0.05) is 13.1 Å². The maximum absolute atomic E-state index is 12.9. The number of aryl methyl sites for hydroxylation is 1. The van der Waals surface area contributed by atoms with Crippen molar-refractivity contribution in [3.63, 3.8) is 0 Å².